The van der Waals surface area contributed by atoms with E-state index in [-0.39, 0.29) is 19.1 Å². The number of nitrogens with zero attached hydrogens (tertiary/aromatic N) is 1. The second kappa shape index (κ2) is 68.8. The van der Waals surface area contributed by atoms with Crippen LogP contribution < -0.4 is 5.32 Å². The number of carbonyl (C=O) groups excluding carboxylic acids is 1. The van der Waals surface area contributed by atoms with Gasteiger partial charge in [-0.05, 0) is 83.5 Å². The van der Waals surface area contributed by atoms with Gasteiger partial charge in [0.25, 0.3) is 0 Å². The van der Waals surface area contributed by atoms with Gasteiger partial charge in [-0.25, -0.2) is 4.57 Å². The fourth-order valence-corrected chi connectivity index (χ4v) is 11.7. The molecule has 0 saturated carbocycles. The summed E-state index contributed by atoms with van der Waals surface area (Å²) in [5.74, 6) is -0.182. The summed E-state index contributed by atoms with van der Waals surface area (Å²) >= 11 is 0. The first-order valence-corrected chi connectivity index (χ1v) is 39.1. The average molecular weight is 1250 g/mol. The summed E-state index contributed by atoms with van der Waals surface area (Å²) in [6.07, 6.45) is 100. The van der Waals surface area contributed by atoms with Crippen LogP contribution >= 0.6 is 7.82 Å². The molecule has 0 aliphatic heterocycles. The maximum absolute atomic E-state index is 13.1. The number of likely N-dealkylation sites (N-methyl/N-ethyl adjacent to an activating group) is 1. The van der Waals surface area contributed by atoms with Crippen molar-refractivity contribution in [1.29, 1.82) is 0 Å². The van der Waals surface area contributed by atoms with Crippen molar-refractivity contribution in [3.63, 3.8) is 0 Å². The van der Waals surface area contributed by atoms with Crippen LogP contribution in [0.3, 0.4) is 0 Å². The molecule has 0 aromatic carbocycles. The largest absolute Gasteiger partial charge is 0.472 e. The number of allylic oxidation sites excluding steroid dienone is 15. The van der Waals surface area contributed by atoms with Gasteiger partial charge in [-0.2, -0.15) is 0 Å². The number of nitrogens with one attached hydrogen (secondary N) is 1. The van der Waals surface area contributed by atoms with E-state index in [1.165, 1.54) is 250 Å². The standard InChI is InChI=1S/C79H145N2O6P/c1-6-8-10-12-14-16-18-20-22-24-26-28-30-32-33-34-35-36-37-38-39-40-41-42-43-44-45-46-47-49-51-53-55-57-59-61-63-65-67-69-71-73-79(83)80-77(76-87-88(84,85)86-75-74-81(3,4)5)78(82)72-70-68-66-64-62-60-58-56-54-52-50-48-31-29-27-25-23-21-19-17-15-13-11-9-7-2/h8,10,14,16,20,22,26,28,32-33,35-36,62,64,70,72,77-78,82H,6-7,9,11-13,15,17-19,21,23-25,27,29-31,34,37-61,63,65-69,71,73-76H2,1-5H3,(H-,80,83,84,85)/p+1/b10-8-,16-14-,22-20-,28-26-,33-32-,36-35-,64-62+,72-70+. The SMILES string of the molecule is CC/C=C\C/C=C\C/C=C\C/C=C\C/C=C\C/C=C\CCCCCCCCCCCCCCCCCCCCCCCCC(=O)NC(COP(=O)(O)OCC[N+](C)(C)C)C(O)/C=C/CC/C=C/CCCCCCCCCCCCCCCCCCCCC. The lowest BCUT2D eigenvalue weighted by Gasteiger charge is -2.25. The molecule has 0 fully saturated rings. The lowest BCUT2D eigenvalue weighted by Crippen LogP contribution is -2.45. The van der Waals surface area contributed by atoms with Crippen molar-refractivity contribution >= 4 is 13.7 Å². The van der Waals surface area contributed by atoms with Gasteiger partial charge in [0.05, 0.1) is 39.9 Å². The summed E-state index contributed by atoms with van der Waals surface area (Å²) in [6, 6.07) is -0.867. The molecular weight excluding hydrogens is 1100 g/mol. The third kappa shape index (κ3) is 70.9. The summed E-state index contributed by atoms with van der Waals surface area (Å²) in [5.41, 5.74) is 0. The number of phosphoric acid groups is 1. The van der Waals surface area contributed by atoms with Gasteiger partial charge in [0.2, 0.25) is 5.91 Å². The topological polar surface area (TPSA) is 105 Å². The van der Waals surface area contributed by atoms with Crippen LogP contribution in [0, 0.1) is 0 Å². The van der Waals surface area contributed by atoms with E-state index in [2.05, 4.69) is 104 Å². The van der Waals surface area contributed by atoms with Crippen LogP contribution in [0.1, 0.15) is 348 Å². The first kappa shape index (κ1) is 85.4. The number of aliphatic hydroxyl groups excluding tert-OH is 1. The van der Waals surface area contributed by atoms with Gasteiger partial charge in [-0.15, -0.1) is 0 Å². The van der Waals surface area contributed by atoms with Gasteiger partial charge in [-0.3, -0.25) is 13.8 Å². The van der Waals surface area contributed by atoms with Crippen LogP contribution in [-0.2, 0) is 18.4 Å². The summed E-state index contributed by atoms with van der Waals surface area (Å²) in [5, 5.41) is 14.0. The van der Waals surface area contributed by atoms with Crippen molar-refractivity contribution in [1.82, 2.24) is 5.32 Å². The Morgan fingerprint density at radius 1 is 0.398 bits per heavy atom. The van der Waals surface area contributed by atoms with Crippen LogP contribution in [0.2, 0.25) is 0 Å². The van der Waals surface area contributed by atoms with Crippen molar-refractivity contribution in [2.24, 2.45) is 0 Å². The van der Waals surface area contributed by atoms with Gasteiger partial charge in [0, 0.05) is 6.42 Å². The summed E-state index contributed by atoms with van der Waals surface area (Å²) in [4.78, 5) is 23.4. The smallest absolute Gasteiger partial charge is 0.387 e. The summed E-state index contributed by atoms with van der Waals surface area (Å²) < 4.78 is 23.8. The molecule has 0 aromatic heterocycles. The number of hydrogen-bond donors (Lipinski definition) is 3. The first-order chi connectivity index (χ1) is 43.0. The molecule has 0 radical (unpaired) electrons. The van der Waals surface area contributed by atoms with Crippen molar-refractivity contribution in [3.05, 3.63) is 97.2 Å². The Bertz CT molecular complexity index is 1760. The van der Waals surface area contributed by atoms with Crippen LogP contribution in [0.25, 0.3) is 0 Å². The number of quaternary nitrogens is 1. The minimum Gasteiger partial charge on any atom is -0.387 e. The van der Waals surface area contributed by atoms with E-state index < -0.39 is 20.0 Å². The Labute approximate surface area is 547 Å². The lowest BCUT2D eigenvalue weighted by atomic mass is 10.0. The zero-order valence-corrected chi connectivity index (χ0v) is 59.6. The molecule has 0 bridgehead atoms. The molecule has 3 unspecified atom stereocenters. The van der Waals surface area contributed by atoms with E-state index in [1.807, 2.05) is 27.2 Å². The molecule has 3 atom stereocenters. The minimum atomic E-state index is -4.37. The molecule has 0 heterocycles. The molecule has 0 aliphatic carbocycles. The van der Waals surface area contributed by atoms with Crippen LogP contribution in [0.15, 0.2) is 97.2 Å². The van der Waals surface area contributed by atoms with Crippen LogP contribution in [0.4, 0.5) is 0 Å². The summed E-state index contributed by atoms with van der Waals surface area (Å²) in [7, 11) is 1.56. The quantitative estimate of drug-likeness (QED) is 0.0243. The van der Waals surface area contributed by atoms with Gasteiger partial charge < -0.3 is 19.8 Å². The van der Waals surface area contributed by atoms with E-state index in [0.717, 1.165) is 77.0 Å². The molecule has 0 rings (SSSR count). The molecule has 512 valence electrons. The van der Waals surface area contributed by atoms with E-state index in [0.29, 0.717) is 17.4 Å². The highest BCUT2D eigenvalue weighted by Crippen LogP contribution is 2.43. The zero-order valence-electron chi connectivity index (χ0n) is 58.7. The maximum atomic E-state index is 13.1. The van der Waals surface area contributed by atoms with E-state index in [9.17, 15) is 19.4 Å². The molecule has 0 aliphatic rings. The number of hydrogen-bond acceptors (Lipinski definition) is 5. The molecule has 9 heteroatoms. The lowest BCUT2D eigenvalue weighted by molar-refractivity contribution is -0.870. The molecular formula is C79H146N2O6P+. The number of unbranched alkanes of at least 4 members (excludes halogenated alkanes) is 42. The normalized spacial score (nSPS) is 14.1. The minimum absolute atomic E-state index is 0.0554. The highest BCUT2D eigenvalue weighted by atomic mass is 31.2. The van der Waals surface area contributed by atoms with Gasteiger partial charge in [0.1, 0.15) is 13.2 Å². The molecule has 0 spiro atoms. The van der Waals surface area contributed by atoms with E-state index >= 15 is 0 Å². The van der Waals surface area contributed by atoms with Crippen molar-refractivity contribution in [2.75, 3.05) is 40.9 Å². The van der Waals surface area contributed by atoms with E-state index in [1.54, 1.807) is 6.08 Å². The molecule has 0 saturated heterocycles. The predicted molar refractivity (Wildman–Crippen MR) is 387 cm³/mol. The molecule has 3 N–H and O–H groups in total. The van der Waals surface area contributed by atoms with Crippen LogP contribution in [-0.4, -0.2) is 73.4 Å². The van der Waals surface area contributed by atoms with Crippen molar-refractivity contribution < 1.29 is 32.9 Å². The Morgan fingerprint density at radius 2 is 0.693 bits per heavy atom. The van der Waals surface area contributed by atoms with Gasteiger partial charge >= 0.3 is 7.82 Å². The Morgan fingerprint density at radius 3 is 1.05 bits per heavy atom. The highest BCUT2D eigenvalue weighted by molar-refractivity contribution is 7.47. The van der Waals surface area contributed by atoms with Gasteiger partial charge in [-0.1, -0.05) is 355 Å². The Balaban J connectivity index is 3.99. The first-order valence-electron chi connectivity index (χ1n) is 37.6. The zero-order chi connectivity index (χ0) is 64.1. The third-order valence-electron chi connectivity index (χ3n) is 16.8. The number of phosphoric ester groups is 1. The predicted octanol–water partition coefficient (Wildman–Crippen LogP) is 24.4. The molecule has 0 aromatic rings. The van der Waals surface area contributed by atoms with Crippen LogP contribution in [0.5, 0.6) is 0 Å². The monoisotopic (exact) mass is 1250 g/mol. The summed E-state index contributed by atoms with van der Waals surface area (Å²) in [6.45, 7) is 4.72. The number of rotatable bonds is 69. The number of amides is 1. The number of aliphatic hydroxyl groups is 1. The molecule has 8 nitrogen and oxygen atoms in total. The second-order valence-electron chi connectivity index (χ2n) is 26.6. The average Bonchev–Trinajstić information content (AvgIpc) is 3.71. The fourth-order valence-electron chi connectivity index (χ4n) is 11.0. The highest BCUT2D eigenvalue weighted by Gasteiger charge is 2.28. The molecule has 88 heavy (non-hydrogen) atoms. The van der Waals surface area contributed by atoms with E-state index in [4.69, 9.17) is 9.05 Å². The Hall–Kier alpha value is -2.58. The molecule has 1 amide bonds. The van der Waals surface area contributed by atoms with Crippen molar-refractivity contribution in [2.45, 2.75) is 360 Å². The number of carbonyl (C=O) groups is 1. The Kier molecular flexibility index (Phi) is 66.8. The second-order valence-corrected chi connectivity index (χ2v) is 28.1. The maximum Gasteiger partial charge on any atom is 0.472 e. The van der Waals surface area contributed by atoms with Gasteiger partial charge in [0.15, 0.2) is 0 Å². The third-order valence-corrected chi connectivity index (χ3v) is 17.8. The fraction of sp³-hybridized carbons (Fsp3) is 0.785. The van der Waals surface area contributed by atoms with Crippen molar-refractivity contribution in [3.8, 4) is 0 Å².